The first-order chi connectivity index (χ1) is 8.01. The van der Waals surface area contributed by atoms with Crippen molar-refractivity contribution in [2.45, 2.75) is 58.7 Å². The third-order valence-corrected chi connectivity index (χ3v) is 3.76. The Kier molecular flexibility index (Phi) is 5.40. The summed E-state index contributed by atoms with van der Waals surface area (Å²) in [5.74, 6) is 0.319. The highest BCUT2D eigenvalue weighted by molar-refractivity contribution is 5.82. The van der Waals surface area contributed by atoms with Crippen LogP contribution in [0.2, 0.25) is 0 Å². The molecule has 0 saturated carbocycles. The van der Waals surface area contributed by atoms with Crippen molar-refractivity contribution in [1.82, 2.24) is 4.90 Å². The van der Waals surface area contributed by atoms with Gasteiger partial charge in [-0.3, -0.25) is 4.79 Å². The van der Waals surface area contributed by atoms with E-state index in [4.69, 9.17) is 10.5 Å². The highest BCUT2D eigenvalue weighted by Gasteiger charge is 2.33. The predicted octanol–water partition coefficient (Wildman–Crippen LogP) is 1.39. The van der Waals surface area contributed by atoms with Crippen molar-refractivity contribution in [1.29, 1.82) is 0 Å². The number of morpholine rings is 1. The Labute approximate surface area is 104 Å². The average Bonchev–Trinajstić information content (AvgIpc) is 2.35. The molecule has 2 N–H and O–H groups in total. The van der Waals surface area contributed by atoms with Crippen molar-refractivity contribution in [3.63, 3.8) is 0 Å². The maximum atomic E-state index is 12.4. The van der Waals surface area contributed by atoms with Crippen molar-refractivity contribution in [3.05, 3.63) is 0 Å². The lowest BCUT2D eigenvalue weighted by molar-refractivity contribution is -0.146. The Balaban J connectivity index is 2.70. The molecule has 2 unspecified atom stereocenters. The first-order valence-corrected chi connectivity index (χ1v) is 6.68. The molecule has 0 radical (unpaired) electrons. The second-order valence-electron chi connectivity index (χ2n) is 5.11. The van der Waals surface area contributed by atoms with Gasteiger partial charge in [-0.15, -0.1) is 0 Å². The predicted molar refractivity (Wildman–Crippen MR) is 68.6 cm³/mol. The quantitative estimate of drug-likeness (QED) is 0.810. The topological polar surface area (TPSA) is 55.6 Å². The van der Waals surface area contributed by atoms with E-state index in [9.17, 15) is 4.79 Å². The Bertz CT molecular complexity index is 258. The third kappa shape index (κ3) is 3.42. The molecule has 1 aliphatic rings. The number of nitrogens with two attached hydrogens (primary N) is 1. The minimum absolute atomic E-state index is 0.0846. The number of amides is 1. The number of carbonyl (C=O) groups is 1. The lowest BCUT2D eigenvalue weighted by atomic mass is 9.97. The smallest absolute Gasteiger partial charge is 0.240 e. The van der Waals surface area contributed by atoms with Gasteiger partial charge in [0.2, 0.25) is 5.91 Å². The molecule has 4 heteroatoms. The molecular formula is C13H26N2O2. The largest absolute Gasteiger partial charge is 0.375 e. The van der Waals surface area contributed by atoms with Crippen molar-refractivity contribution >= 4 is 5.91 Å². The van der Waals surface area contributed by atoms with Crippen molar-refractivity contribution < 1.29 is 9.53 Å². The molecule has 1 amide bonds. The maximum absolute atomic E-state index is 12.4. The van der Waals surface area contributed by atoms with E-state index >= 15 is 0 Å². The summed E-state index contributed by atoms with van der Waals surface area (Å²) in [6.45, 7) is 9.49. The molecule has 4 nitrogen and oxygen atoms in total. The summed E-state index contributed by atoms with van der Waals surface area (Å²) in [7, 11) is 0. The normalized spacial score (nSPS) is 28.9. The number of ether oxygens (including phenoxy) is 1. The van der Waals surface area contributed by atoms with E-state index in [2.05, 4.69) is 13.8 Å². The van der Waals surface area contributed by atoms with Crippen molar-refractivity contribution in [3.8, 4) is 0 Å². The van der Waals surface area contributed by atoms with E-state index in [1.807, 2.05) is 18.7 Å². The van der Waals surface area contributed by atoms with Gasteiger partial charge in [-0.1, -0.05) is 27.2 Å². The van der Waals surface area contributed by atoms with Crippen LogP contribution in [0.3, 0.4) is 0 Å². The summed E-state index contributed by atoms with van der Waals surface area (Å²) in [4.78, 5) is 14.3. The average molecular weight is 242 g/mol. The molecule has 1 aliphatic heterocycles. The summed E-state index contributed by atoms with van der Waals surface area (Å²) in [6, 6.07) is -0.187. The van der Waals surface area contributed by atoms with E-state index < -0.39 is 0 Å². The fraction of sp³-hybridized carbons (Fsp3) is 0.923. The van der Waals surface area contributed by atoms with Gasteiger partial charge in [-0.2, -0.15) is 0 Å². The van der Waals surface area contributed by atoms with Gasteiger partial charge in [0.25, 0.3) is 0 Å². The summed E-state index contributed by atoms with van der Waals surface area (Å²) >= 11 is 0. The molecule has 1 heterocycles. The molecule has 0 aromatic carbocycles. The summed E-state index contributed by atoms with van der Waals surface area (Å²) in [6.07, 6.45) is 1.97. The third-order valence-electron chi connectivity index (χ3n) is 3.76. The first kappa shape index (κ1) is 14.5. The standard InChI is InChI=1S/C13H26N2O2/c1-5-9(3)12(14)13(16)15-7-10(4)17-8-11(15)6-2/h9-12H,5-8,14H2,1-4H3/t9-,10?,11?,12-/m0/s1. The number of rotatable bonds is 4. The van der Waals surface area contributed by atoms with Crippen LogP contribution in [-0.4, -0.2) is 42.1 Å². The molecule has 100 valence electrons. The van der Waals surface area contributed by atoms with Crippen molar-refractivity contribution in [2.24, 2.45) is 11.7 Å². The van der Waals surface area contributed by atoms with E-state index in [1.165, 1.54) is 0 Å². The summed E-state index contributed by atoms with van der Waals surface area (Å²) < 4.78 is 5.59. The van der Waals surface area contributed by atoms with Crippen molar-refractivity contribution in [2.75, 3.05) is 13.2 Å². The summed E-state index contributed by atoms with van der Waals surface area (Å²) in [5, 5.41) is 0. The minimum Gasteiger partial charge on any atom is -0.375 e. The molecule has 0 aliphatic carbocycles. The first-order valence-electron chi connectivity index (χ1n) is 6.68. The minimum atomic E-state index is -0.376. The molecule has 1 saturated heterocycles. The number of carbonyl (C=O) groups excluding carboxylic acids is 1. The van der Waals surface area contributed by atoms with Gasteiger partial charge in [0.15, 0.2) is 0 Å². The highest BCUT2D eigenvalue weighted by atomic mass is 16.5. The van der Waals surface area contributed by atoms with E-state index in [1.54, 1.807) is 0 Å². The van der Waals surface area contributed by atoms with Crippen LogP contribution in [0.1, 0.15) is 40.5 Å². The monoisotopic (exact) mass is 242 g/mol. The Morgan fingerprint density at radius 1 is 1.53 bits per heavy atom. The van der Waals surface area contributed by atoms with Gasteiger partial charge < -0.3 is 15.4 Å². The van der Waals surface area contributed by atoms with E-state index in [-0.39, 0.29) is 30.0 Å². The fourth-order valence-electron chi connectivity index (χ4n) is 2.14. The van der Waals surface area contributed by atoms with Gasteiger partial charge in [-0.05, 0) is 19.3 Å². The second kappa shape index (κ2) is 6.36. The van der Waals surface area contributed by atoms with Gasteiger partial charge in [0.1, 0.15) is 0 Å². The number of hydrogen-bond donors (Lipinski definition) is 1. The zero-order valence-electron chi connectivity index (χ0n) is 11.5. The van der Waals surface area contributed by atoms with Crippen LogP contribution in [0, 0.1) is 5.92 Å². The molecule has 0 bridgehead atoms. The fourth-order valence-corrected chi connectivity index (χ4v) is 2.14. The maximum Gasteiger partial charge on any atom is 0.240 e. The SMILES string of the molecule is CCC1COC(C)CN1C(=O)[C@@H](N)[C@@H](C)CC. The van der Waals surface area contributed by atoms with Gasteiger partial charge in [0, 0.05) is 6.54 Å². The van der Waals surface area contributed by atoms with Crippen LogP contribution in [0.4, 0.5) is 0 Å². The lowest BCUT2D eigenvalue weighted by Gasteiger charge is -2.40. The van der Waals surface area contributed by atoms with Crippen LogP contribution in [-0.2, 0) is 9.53 Å². The second-order valence-corrected chi connectivity index (χ2v) is 5.11. The lowest BCUT2D eigenvalue weighted by Crippen LogP contribution is -2.57. The van der Waals surface area contributed by atoms with Gasteiger partial charge in [0.05, 0.1) is 24.8 Å². The Morgan fingerprint density at radius 3 is 2.71 bits per heavy atom. The molecular weight excluding hydrogens is 216 g/mol. The van der Waals surface area contributed by atoms with Crippen LogP contribution < -0.4 is 5.73 Å². The van der Waals surface area contributed by atoms with E-state index in [0.717, 1.165) is 12.8 Å². The molecule has 0 aromatic rings. The number of hydrogen-bond acceptors (Lipinski definition) is 3. The Hall–Kier alpha value is -0.610. The molecule has 4 atom stereocenters. The summed E-state index contributed by atoms with van der Waals surface area (Å²) in [5.41, 5.74) is 6.03. The molecule has 0 aromatic heterocycles. The van der Waals surface area contributed by atoms with Crippen LogP contribution in [0.25, 0.3) is 0 Å². The van der Waals surface area contributed by atoms with Crippen LogP contribution >= 0.6 is 0 Å². The van der Waals surface area contributed by atoms with Crippen LogP contribution in [0.15, 0.2) is 0 Å². The zero-order chi connectivity index (χ0) is 13.0. The molecule has 1 rings (SSSR count). The number of nitrogens with zero attached hydrogens (tertiary/aromatic N) is 1. The zero-order valence-corrected chi connectivity index (χ0v) is 11.5. The van der Waals surface area contributed by atoms with E-state index in [0.29, 0.717) is 13.2 Å². The van der Waals surface area contributed by atoms with Gasteiger partial charge in [-0.25, -0.2) is 0 Å². The highest BCUT2D eigenvalue weighted by Crippen LogP contribution is 2.18. The molecule has 0 spiro atoms. The molecule has 1 fully saturated rings. The molecule has 17 heavy (non-hydrogen) atoms. The van der Waals surface area contributed by atoms with Crippen LogP contribution in [0.5, 0.6) is 0 Å². The Morgan fingerprint density at radius 2 is 2.18 bits per heavy atom. The van der Waals surface area contributed by atoms with Gasteiger partial charge >= 0.3 is 0 Å².